The van der Waals surface area contributed by atoms with Crippen LogP contribution in [-0.4, -0.2) is 9.13 Å². The van der Waals surface area contributed by atoms with Crippen LogP contribution in [0.25, 0.3) is 77.2 Å². The molecule has 2 heterocycles. The summed E-state index contributed by atoms with van der Waals surface area (Å²) in [5, 5.41) is 4.95. The van der Waals surface area contributed by atoms with Gasteiger partial charge in [-0.3, -0.25) is 0 Å². The highest BCUT2D eigenvalue weighted by molar-refractivity contribution is 6.11. The van der Waals surface area contributed by atoms with Crippen molar-refractivity contribution in [2.24, 2.45) is 0 Å². The highest BCUT2D eigenvalue weighted by Crippen LogP contribution is 2.59. The molecule has 0 aliphatic heterocycles. The lowest BCUT2D eigenvalue weighted by Gasteiger charge is -2.35. The van der Waals surface area contributed by atoms with Crippen molar-refractivity contribution in [2.45, 2.75) is 89.4 Å². The maximum atomic E-state index is 2.51. The molecule has 3 nitrogen and oxygen atoms in total. The predicted molar refractivity (Wildman–Crippen MR) is 401 cm³/mol. The average molecular weight is 1220 g/mol. The zero-order valence-electron chi connectivity index (χ0n) is 55.7. The highest BCUT2D eigenvalue weighted by Gasteiger charge is 2.48. The van der Waals surface area contributed by atoms with Gasteiger partial charge in [0.05, 0.1) is 32.9 Å². The molecule has 17 rings (SSSR count). The molecule has 2 aliphatic carbocycles. The van der Waals surface area contributed by atoms with E-state index in [4.69, 9.17) is 0 Å². The number of rotatable bonds is 9. The number of aromatic nitrogens is 2. The van der Waals surface area contributed by atoms with Crippen LogP contribution < -0.4 is 4.90 Å². The molecule has 95 heavy (non-hydrogen) atoms. The fraction of sp³-hybridized carbons (Fsp3) is 0.152. The summed E-state index contributed by atoms with van der Waals surface area (Å²) < 4.78 is 4.90. The molecule has 13 aromatic carbocycles. The number of nitrogens with zero attached hydrogens (tertiary/aromatic N) is 3. The zero-order valence-corrected chi connectivity index (χ0v) is 55.7. The first-order chi connectivity index (χ1) is 46.0. The van der Waals surface area contributed by atoms with Gasteiger partial charge in [0, 0.05) is 50.0 Å². The van der Waals surface area contributed by atoms with Crippen molar-refractivity contribution < 1.29 is 0 Å². The summed E-state index contributed by atoms with van der Waals surface area (Å²) in [5.41, 5.74) is 28.3. The monoisotopic (exact) mass is 1220 g/mol. The molecular formula is C92H77N3. The van der Waals surface area contributed by atoms with Crippen LogP contribution >= 0.6 is 0 Å². The van der Waals surface area contributed by atoms with Gasteiger partial charge >= 0.3 is 0 Å². The Balaban J connectivity index is 0.828. The topological polar surface area (TPSA) is 13.1 Å². The van der Waals surface area contributed by atoms with Gasteiger partial charge in [-0.15, -0.1) is 0 Å². The molecule has 2 aromatic heterocycles. The molecule has 0 unspecified atom stereocenters. The second kappa shape index (κ2) is 21.4. The Morgan fingerprint density at radius 3 is 0.832 bits per heavy atom. The van der Waals surface area contributed by atoms with E-state index in [1.54, 1.807) is 0 Å². The Bertz CT molecular complexity index is 5090. The molecular weight excluding hydrogens is 1150 g/mol. The summed E-state index contributed by atoms with van der Waals surface area (Å²) in [5.74, 6) is 0. The van der Waals surface area contributed by atoms with Crippen LogP contribution in [0.3, 0.4) is 0 Å². The Hall–Kier alpha value is -10.7. The standard InChI is InChI=1S/C92H77N3/c1-88(2,3)60-34-46-67(47-35-60)93(68-52-40-63(41-53-68)91(80-28-16-10-22-72(80)73-23-11-17-29-81(73)91)65-44-56-86-78(58-65)76-26-14-20-32-84(76)94(86)70-48-36-61(37-49-70)89(4,5)6)69-54-42-64(43-55-69)92(82-30-18-12-24-74(82)75-25-13-19-31-83(75)92)66-45-57-87-79(59-66)77-27-15-21-33-85(77)95(87)71-50-38-62(39-51-71)90(7,8)9/h10-59H,1-9H3. The molecule has 3 heteroatoms. The van der Waals surface area contributed by atoms with Crippen LogP contribution in [0.1, 0.15) is 124 Å². The molecule has 0 spiro atoms. The third-order valence-corrected chi connectivity index (χ3v) is 21.2. The third kappa shape index (κ3) is 8.85. The van der Waals surface area contributed by atoms with E-state index in [1.807, 2.05) is 0 Å². The minimum atomic E-state index is -0.629. The smallest absolute Gasteiger partial charge is 0.0713 e. The van der Waals surface area contributed by atoms with Crippen LogP contribution in [0.5, 0.6) is 0 Å². The van der Waals surface area contributed by atoms with Crippen molar-refractivity contribution in [3.63, 3.8) is 0 Å². The van der Waals surface area contributed by atoms with E-state index >= 15 is 0 Å². The SMILES string of the molecule is CC(C)(C)c1ccc(N(c2ccc(C3(c4ccc5c(c4)c4ccccc4n5-c4ccc(C(C)(C)C)cc4)c4ccccc4-c4ccccc43)cc2)c2ccc(C3(c4ccc5c(c4)c4ccccc4n5-c4ccc(C(C)(C)C)cc4)c4ccccc4-c4ccccc43)cc2)cc1. The maximum Gasteiger partial charge on any atom is 0.0713 e. The molecule has 2 aliphatic rings. The van der Waals surface area contributed by atoms with Gasteiger partial charge in [0.1, 0.15) is 0 Å². The molecule has 0 saturated heterocycles. The van der Waals surface area contributed by atoms with Gasteiger partial charge in [-0.05, 0) is 197 Å². The summed E-state index contributed by atoms with van der Waals surface area (Å²) >= 11 is 0. The normalized spacial score (nSPS) is 13.9. The van der Waals surface area contributed by atoms with E-state index in [2.05, 4.69) is 380 Å². The Labute approximate surface area is 558 Å². The summed E-state index contributed by atoms with van der Waals surface area (Å²) in [6.45, 7) is 20.6. The van der Waals surface area contributed by atoms with Crippen LogP contribution in [0.4, 0.5) is 17.1 Å². The molecule has 0 radical (unpaired) electrons. The molecule has 0 fully saturated rings. The van der Waals surface area contributed by atoms with E-state index in [0.717, 1.165) is 28.4 Å². The van der Waals surface area contributed by atoms with Crippen molar-refractivity contribution in [1.82, 2.24) is 9.13 Å². The summed E-state index contributed by atoms with van der Waals surface area (Å²) in [7, 11) is 0. The third-order valence-electron chi connectivity index (χ3n) is 21.2. The lowest BCUT2D eigenvalue weighted by Crippen LogP contribution is -2.29. The Morgan fingerprint density at radius 2 is 0.505 bits per heavy atom. The van der Waals surface area contributed by atoms with Gasteiger partial charge in [-0.1, -0.05) is 269 Å². The number of fused-ring (bicyclic) bond motifs is 12. The number of hydrogen-bond acceptors (Lipinski definition) is 1. The summed E-state index contributed by atoms with van der Waals surface area (Å²) in [4.78, 5) is 2.45. The van der Waals surface area contributed by atoms with Crippen molar-refractivity contribution >= 4 is 60.7 Å². The van der Waals surface area contributed by atoms with Gasteiger partial charge < -0.3 is 14.0 Å². The minimum Gasteiger partial charge on any atom is -0.311 e. The molecule has 0 bridgehead atoms. The molecule has 0 amide bonds. The van der Waals surface area contributed by atoms with Crippen molar-refractivity contribution in [3.8, 4) is 33.6 Å². The molecule has 0 atom stereocenters. The summed E-state index contributed by atoms with van der Waals surface area (Å²) in [6, 6.07) is 116. The van der Waals surface area contributed by atoms with Gasteiger partial charge in [-0.25, -0.2) is 0 Å². The fourth-order valence-corrected chi connectivity index (χ4v) is 16.5. The average Bonchev–Trinajstić information content (AvgIpc) is 1.56. The number of benzene rings is 13. The Morgan fingerprint density at radius 1 is 0.242 bits per heavy atom. The van der Waals surface area contributed by atoms with E-state index in [-0.39, 0.29) is 16.2 Å². The molecule has 460 valence electrons. The molecule has 0 N–H and O–H groups in total. The number of hydrogen-bond donors (Lipinski definition) is 0. The quantitative estimate of drug-likeness (QED) is 0.140. The van der Waals surface area contributed by atoms with Gasteiger partial charge in [-0.2, -0.15) is 0 Å². The first-order valence-electron chi connectivity index (χ1n) is 33.8. The van der Waals surface area contributed by atoms with Crippen LogP contribution in [0, 0.1) is 0 Å². The minimum absolute atomic E-state index is 0.0116. The number of anilines is 3. The predicted octanol–water partition coefficient (Wildman–Crippen LogP) is 24.0. The summed E-state index contributed by atoms with van der Waals surface area (Å²) in [6.07, 6.45) is 0. The fourth-order valence-electron chi connectivity index (χ4n) is 16.5. The van der Waals surface area contributed by atoms with Gasteiger partial charge in [0.2, 0.25) is 0 Å². The first-order valence-corrected chi connectivity index (χ1v) is 33.8. The van der Waals surface area contributed by atoms with Crippen LogP contribution in [0.15, 0.2) is 303 Å². The second-order valence-electron chi connectivity index (χ2n) is 29.7. The van der Waals surface area contributed by atoms with E-state index in [9.17, 15) is 0 Å². The highest BCUT2D eigenvalue weighted by atomic mass is 15.1. The van der Waals surface area contributed by atoms with Crippen LogP contribution in [0.2, 0.25) is 0 Å². The van der Waals surface area contributed by atoms with Crippen molar-refractivity contribution in [1.29, 1.82) is 0 Å². The Kier molecular flexibility index (Phi) is 13.1. The van der Waals surface area contributed by atoms with E-state index in [0.29, 0.717) is 0 Å². The zero-order chi connectivity index (χ0) is 64.8. The molecule has 15 aromatic rings. The number of para-hydroxylation sites is 2. The maximum absolute atomic E-state index is 2.51. The second-order valence-corrected chi connectivity index (χ2v) is 29.7. The largest absolute Gasteiger partial charge is 0.311 e. The lowest BCUT2D eigenvalue weighted by molar-refractivity contribution is 0.590. The lowest BCUT2D eigenvalue weighted by atomic mass is 9.67. The van der Waals surface area contributed by atoms with Crippen molar-refractivity contribution in [2.75, 3.05) is 4.90 Å². The van der Waals surface area contributed by atoms with Crippen molar-refractivity contribution in [3.05, 3.63) is 365 Å². The molecule has 0 saturated carbocycles. The van der Waals surface area contributed by atoms with Crippen LogP contribution in [-0.2, 0) is 27.1 Å². The van der Waals surface area contributed by atoms with E-state index in [1.165, 1.54) is 127 Å². The van der Waals surface area contributed by atoms with Gasteiger partial charge in [0.15, 0.2) is 0 Å². The van der Waals surface area contributed by atoms with E-state index < -0.39 is 10.8 Å². The first kappa shape index (κ1) is 58.1. The van der Waals surface area contributed by atoms with Gasteiger partial charge in [0.25, 0.3) is 0 Å².